The van der Waals surface area contributed by atoms with Crippen LogP contribution in [-0.4, -0.2) is 102 Å². The quantitative estimate of drug-likeness (QED) is 0.0815. The minimum Gasteiger partial charge on any atom is -0.481 e. The fraction of sp³-hybridized carbons (Fsp3) is 0.900. The fourth-order valence-electron chi connectivity index (χ4n) is 7.07. The fourth-order valence-corrected chi connectivity index (χ4v) is 7.07. The lowest BCUT2D eigenvalue weighted by Gasteiger charge is -2.42. The van der Waals surface area contributed by atoms with Gasteiger partial charge in [-0.25, -0.2) is 4.99 Å². The first-order valence-electron chi connectivity index (χ1n) is 15.9. The number of nitrogens with two attached hydrogens (primary N) is 1. The number of hydrogen-bond donors (Lipinski definition) is 8. The molecule has 3 aliphatic rings. The van der Waals surface area contributed by atoms with Crippen molar-refractivity contribution in [3.63, 3.8) is 0 Å². The Morgan fingerprint density at radius 1 is 1.32 bits per heavy atom. The summed E-state index contributed by atoms with van der Waals surface area (Å²) >= 11 is 0. The molecule has 236 valence electrons. The molecule has 3 rings (SSSR count). The Hall–Kier alpha value is -1.47. The van der Waals surface area contributed by atoms with E-state index in [0.717, 1.165) is 90.3 Å². The first-order chi connectivity index (χ1) is 19.5. The molecular weight excluding hydrogens is 524 g/mol. The topological polar surface area (TPSA) is 174 Å². The summed E-state index contributed by atoms with van der Waals surface area (Å²) in [5, 5.41) is 41.4. The minimum atomic E-state index is -1.28. The van der Waals surface area contributed by atoms with Crippen LogP contribution in [0.2, 0.25) is 0 Å². The van der Waals surface area contributed by atoms with Crippen LogP contribution in [0.3, 0.4) is 0 Å². The Kier molecular flexibility index (Phi) is 13.6. The summed E-state index contributed by atoms with van der Waals surface area (Å²) in [5.74, 6) is -0.672. The number of nitrogens with one attached hydrogen (secondary N) is 4. The van der Waals surface area contributed by atoms with Crippen molar-refractivity contribution in [1.82, 2.24) is 16.0 Å². The molecule has 11 nitrogen and oxygen atoms in total. The van der Waals surface area contributed by atoms with Crippen molar-refractivity contribution in [3.05, 3.63) is 0 Å². The van der Waals surface area contributed by atoms with Crippen LogP contribution in [0.15, 0.2) is 4.99 Å². The number of aliphatic imine (C=N–C) groups is 1. The first-order valence-corrected chi connectivity index (χ1v) is 15.9. The van der Waals surface area contributed by atoms with Crippen LogP contribution >= 0.6 is 0 Å². The van der Waals surface area contributed by atoms with Gasteiger partial charge in [0.05, 0.1) is 36.5 Å². The van der Waals surface area contributed by atoms with Crippen LogP contribution in [0.4, 0.5) is 0 Å². The Morgan fingerprint density at radius 2 is 2.07 bits per heavy atom. The van der Waals surface area contributed by atoms with Gasteiger partial charge >= 0.3 is 5.97 Å². The van der Waals surface area contributed by atoms with E-state index in [0.29, 0.717) is 24.8 Å². The van der Waals surface area contributed by atoms with Crippen LogP contribution in [-0.2, 0) is 9.59 Å². The van der Waals surface area contributed by atoms with Crippen LogP contribution in [0, 0.1) is 5.92 Å². The number of rotatable bonds is 18. The zero-order valence-corrected chi connectivity index (χ0v) is 25.3. The highest BCUT2D eigenvalue weighted by Gasteiger charge is 2.41. The van der Waals surface area contributed by atoms with Crippen LogP contribution < -0.4 is 26.6 Å². The maximum atomic E-state index is 11.5. The number of unbranched alkanes of at least 4 members (excludes halogenated alkanes) is 4. The van der Waals surface area contributed by atoms with Crippen molar-refractivity contribution in [3.8, 4) is 0 Å². The second-order valence-electron chi connectivity index (χ2n) is 13.4. The van der Waals surface area contributed by atoms with Gasteiger partial charge in [0.2, 0.25) is 0 Å². The Bertz CT molecular complexity index is 840. The van der Waals surface area contributed by atoms with E-state index in [1.54, 1.807) is 0 Å². The number of piperidine rings is 2. The molecule has 41 heavy (non-hydrogen) atoms. The molecule has 0 saturated carbocycles. The molecule has 0 radical (unpaired) electrons. The molecule has 2 saturated heterocycles. The zero-order valence-electron chi connectivity index (χ0n) is 25.3. The molecule has 11 heteroatoms. The van der Waals surface area contributed by atoms with Crippen molar-refractivity contribution in [2.45, 2.75) is 139 Å². The lowest BCUT2D eigenvalue weighted by atomic mass is 9.83. The van der Waals surface area contributed by atoms with Gasteiger partial charge in [0.15, 0.2) is 6.67 Å². The number of aliphatic hydroxyl groups is 2. The number of β-amino-alcohol motifs (C(OH)–C–C–N with tert-alkyl or cyclic N) is 1. The van der Waals surface area contributed by atoms with Gasteiger partial charge in [0, 0.05) is 31.0 Å². The summed E-state index contributed by atoms with van der Waals surface area (Å²) in [7, 11) is 0. The van der Waals surface area contributed by atoms with Crippen LogP contribution in [0.25, 0.3) is 0 Å². The summed E-state index contributed by atoms with van der Waals surface area (Å²) in [6, 6.07) is 0.607. The number of carbonyl (C=O) groups excluding carboxylic acids is 1. The molecular formula is C30H57N6O5+. The number of aliphatic hydroxyl groups excluding tert-OH is 1. The molecule has 9 atom stereocenters. The van der Waals surface area contributed by atoms with E-state index in [2.05, 4.69) is 27.9 Å². The minimum absolute atomic E-state index is 0.0473. The molecule has 0 aliphatic carbocycles. The van der Waals surface area contributed by atoms with E-state index in [9.17, 15) is 24.9 Å². The van der Waals surface area contributed by atoms with Gasteiger partial charge in [-0.15, -0.1) is 0 Å². The number of hydrogen-bond acceptors (Lipinski definition) is 9. The van der Waals surface area contributed by atoms with E-state index in [1.807, 2.05) is 13.1 Å². The number of carboxylic acid groups (broad SMARTS) is 1. The van der Waals surface area contributed by atoms with Gasteiger partial charge in [-0.1, -0.05) is 32.1 Å². The highest BCUT2D eigenvalue weighted by atomic mass is 16.4. The van der Waals surface area contributed by atoms with E-state index in [1.165, 1.54) is 4.90 Å². The lowest BCUT2D eigenvalue weighted by molar-refractivity contribution is -0.914. The monoisotopic (exact) mass is 581 g/mol. The SMILES string of the molecule is CC1NC(CC(CC=O)CCCCCCCC(O)(CNC2(C)CCNC(N)C2)CC(=O)O)C([NH+]2CC=NC2)CC1O. The van der Waals surface area contributed by atoms with Crippen molar-refractivity contribution in [2.75, 3.05) is 26.3 Å². The third-order valence-corrected chi connectivity index (χ3v) is 9.69. The van der Waals surface area contributed by atoms with Crippen molar-refractivity contribution in [2.24, 2.45) is 16.6 Å². The maximum absolute atomic E-state index is 11.5. The second-order valence-corrected chi connectivity index (χ2v) is 13.4. The summed E-state index contributed by atoms with van der Waals surface area (Å²) in [4.78, 5) is 28.8. The Labute approximate surface area is 246 Å². The third-order valence-electron chi connectivity index (χ3n) is 9.69. The average Bonchev–Trinajstić information content (AvgIpc) is 3.43. The predicted molar refractivity (Wildman–Crippen MR) is 160 cm³/mol. The van der Waals surface area contributed by atoms with Gasteiger partial charge in [-0.2, -0.15) is 0 Å². The number of quaternary nitrogens is 1. The summed E-state index contributed by atoms with van der Waals surface area (Å²) < 4.78 is 0. The number of nitrogens with zero attached hydrogens (tertiary/aromatic N) is 1. The maximum Gasteiger partial charge on any atom is 0.306 e. The Balaban J connectivity index is 1.39. The van der Waals surface area contributed by atoms with E-state index < -0.39 is 11.6 Å². The van der Waals surface area contributed by atoms with Crippen molar-refractivity contribution in [1.29, 1.82) is 0 Å². The van der Waals surface area contributed by atoms with E-state index in [4.69, 9.17) is 5.73 Å². The summed E-state index contributed by atoms with van der Waals surface area (Å²) in [6.45, 7) is 6.81. The predicted octanol–water partition coefficient (Wildman–Crippen LogP) is -0.0586. The third kappa shape index (κ3) is 11.3. The molecule has 9 unspecified atom stereocenters. The number of aldehydes is 1. The first kappa shape index (κ1) is 34.0. The second kappa shape index (κ2) is 16.4. The van der Waals surface area contributed by atoms with Gasteiger partial charge in [-0.05, 0) is 58.4 Å². The zero-order chi connectivity index (χ0) is 29.9. The van der Waals surface area contributed by atoms with Gasteiger partial charge in [0.25, 0.3) is 0 Å². The smallest absolute Gasteiger partial charge is 0.306 e. The molecule has 0 amide bonds. The summed E-state index contributed by atoms with van der Waals surface area (Å²) in [6.07, 6.45) is 12.4. The molecule has 0 bridgehead atoms. The van der Waals surface area contributed by atoms with Gasteiger partial charge < -0.3 is 46.7 Å². The number of carbonyl (C=O) groups is 2. The van der Waals surface area contributed by atoms with Gasteiger partial charge in [0.1, 0.15) is 18.9 Å². The van der Waals surface area contributed by atoms with Crippen LogP contribution in [0.1, 0.15) is 97.3 Å². The number of aliphatic carboxylic acids is 1. The highest BCUT2D eigenvalue weighted by molar-refractivity contribution is 5.68. The highest BCUT2D eigenvalue weighted by Crippen LogP contribution is 2.26. The summed E-state index contributed by atoms with van der Waals surface area (Å²) in [5.41, 5.74) is 4.55. The molecule has 3 aliphatic heterocycles. The largest absolute Gasteiger partial charge is 0.481 e. The molecule has 0 aromatic rings. The Morgan fingerprint density at radius 3 is 2.76 bits per heavy atom. The molecule has 2 fully saturated rings. The van der Waals surface area contributed by atoms with Crippen LogP contribution in [0.5, 0.6) is 0 Å². The molecule has 0 aromatic carbocycles. The van der Waals surface area contributed by atoms with Crippen molar-refractivity contribution < 1.29 is 29.8 Å². The van der Waals surface area contributed by atoms with E-state index in [-0.39, 0.29) is 42.9 Å². The molecule has 9 N–H and O–H groups in total. The molecule has 3 heterocycles. The van der Waals surface area contributed by atoms with E-state index >= 15 is 0 Å². The standard InChI is InChI=1S/C30H56N6O5/c1-22-26(38)17-25(36-14-13-32-21-36)24(35-22)16-23(9-15-37)8-6-4-3-5-7-10-30(41,19-28(39)40)20-34-29(2)11-12-33-27(31)18-29/h13,15,22-27,33-35,38,41H,3-12,14,16-21,31H2,1-2H3,(H,39,40)/p+1. The molecule has 0 spiro atoms. The van der Waals surface area contributed by atoms with Crippen molar-refractivity contribution >= 4 is 18.5 Å². The normalized spacial score (nSPS) is 34.3. The molecule has 0 aromatic heterocycles. The lowest BCUT2D eigenvalue weighted by Crippen LogP contribution is -3.16. The number of carboxylic acids is 1. The van der Waals surface area contributed by atoms with Gasteiger partial charge in [-0.3, -0.25) is 4.79 Å². The average molecular weight is 582 g/mol.